The molecule has 0 aliphatic heterocycles. The minimum atomic E-state index is -0.558. The van der Waals surface area contributed by atoms with Gasteiger partial charge in [0.1, 0.15) is 0 Å². The summed E-state index contributed by atoms with van der Waals surface area (Å²) in [4.78, 5) is 23.9. The van der Waals surface area contributed by atoms with Gasteiger partial charge in [-0.2, -0.15) is 12.6 Å². The summed E-state index contributed by atoms with van der Waals surface area (Å²) < 4.78 is 4.86. The summed E-state index contributed by atoms with van der Waals surface area (Å²) in [6.07, 6.45) is 8.87. The standard InChI is InChI=1S/C19H27NO3S.C3H6.C2H6/c1-3-5-6-7-8-11-15-12-9-10-13-16(15)19(22)20-17(24)14-18(21)23-4-2;1-3-2;1-2/h3,9-10,12-13,17,24H,1,4-8,11,14H2,2H3,(H,20,22);3H,1H2,2H3;1-2H3. The van der Waals surface area contributed by atoms with E-state index >= 15 is 0 Å². The highest BCUT2D eigenvalue weighted by molar-refractivity contribution is 7.81. The van der Waals surface area contributed by atoms with E-state index in [1.165, 1.54) is 0 Å². The van der Waals surface area contributed by atoms with E-state index < -0.39 is 5.37 Å². The van der Waals surface area contributed by atoms with E-state index in [9.17, 15) is 9.59 Å². The van der Waals surface area contributed by atoms with Crippen LogP contribution in [0.2, 0.25) is 0 Å². The Morgan fingerprint density at radius 2 is 1.79 bits per heavy atom. The Morgan fingerprint density at radius 1 is 1.17 bits per heavy atom. The van der Waals surface area contributed by atoms with Crippen LogP contribution in [0.25, 0.3) is 0 Å². The van der Waals surface area contributed by atoms with Crippen molar-refractivity contribution >= 4 is 24.5 Å². The van der Waals surface area contributed by atoms with Crippen LogP contribution in [0.5, 0.6) is 0 Å². The SMILES string of the molecule is C=CC.C=CCCCCCc1ccccc1C(=O)NC(S)CC(=O)OCC.CC. The molecule has 0 aromatic heterocycles. The summed E-state index contributed by atoms with van der Waals surface area (Å²) in [5, 5.41) is 2.19. The summed E-state index contributed by atoms with van der Waals surface area (Å²) in [7, 11) is 0. The van der Waals surface area contributed by atoms with Crippen molar-refractivity contribution in [2.45, 2.75) is 71.6 Å². The molecule has 0 spiro atoms. The van der Waals surface area contributed by atoms with Crippen LogP contribution in [-0.2, 0) is 16.0 Å². The summed E-state index contributed by atoms with van der Waals surface area (Å²) in [6.45, 7) is 15.0. The lowest BCUT2D eigenvalue weighted by Crippen LogP contribution is -2.33. The van der Waals surface area contributed by atoms with Crippen LogP contribution < -0.4 is 5.32 Å². The third kappa shape index (κ3) is 15.6. The number of benzene rings is 1. The van der Waals surface area contributed by atoms with E-state index in [-0.39, 0.29) is 18.3 Å². The molecule has 1 amide bonds. The number of aryl methyl sites for hydroxylation is 1. The zero-order valence-electron chi connectivity index (χ0n) is 18.6. The van der Waals surface area contributed by atoms with E-state index in [1.54, 1.807) is 19.1 Å². The number of carbonyl (C=O) groups is 2. The first kappa shape index (κ1) is 29.2. The normalized spacial score (nSPS) is 10.2. The average Bonchev–Trinajstić information content (AvgIpc) is 2.70. The zero-order valence-corrected chi connectivity index (χ0v) is 19.5. The number of amides is 1. The molecule has 0 radical (unpaired) electrons. The summed E-state index contributed by atoms with van der Waals surface area (Å²) in [6, 6.07) is 7.56. The lowest BCUT2D eigenvalue weighted by molar-refractivity contribution is -0.143. The predicted molar refractivity (Wildman–Crippen MR) is 128 cm³/mol. The highest BCUT2D eigenvalue weighted by atomic mass is 32.1. The van der Waals surface area contributed by atoms with Gasteiger partial charge in [0.2, 0.25) is 0 Å². The number of esters is 1. The fourth-order valence-electron chi connectivity index (χ4n) is 2.40. The number of carbonyl (C=O) groups excluding carboxylic acids is 2. The van der Waals surface area contributed by atoms with Gasteiger partial charge in [0.15, 0.2) is 0 Å². The van der Waals surface area contributed by atoms with Crippen molar-refractivity contribution in [3.63, 3.8) is 0 Å². The van der Waals surface area contributed by atoms with Gasteiger partial charge < -0.3 is 10.1 Å². The number of unbranched alkanes of at least 4 members (excludes halogenated alkanes) is 3. The van der Waals surface area contributed by atoms with Crippen LogP contribution in [0.3, 0.4) is 0 Å². The molecule has 0 bridgehead atoms. The number of thiol groups is 1. The molecule has 1 aromatic carbocycles. The number of rotatable bonds is 11. The van der Waals surface area contributed by atoms with E-state index in [0.29, 0.717) is 12.2 Å². The minimum Gasteiger partial charge on any atom is -0.466 e. The number of ether oxygens (including phenoxy) is 1. The molecule has 0 aliphatic carbocycles. The van der Waals surface area contributed by atoms with Gasteiger partial charge in [-0.3, -0.25) is 9.59 Å². The molecular formula is C24H39NO3S. The molecule has 0 saturated heterocycles. The lowest BCUT2D eigenvalue weighted by Gasteiger charge is -2.14. The lowest BCUT2D eigenvalue weighted by atomic mass is 10.0. The van der Waals surface area contributed by atoms with Crippen LogP contribution in [0, 0.1) is 0 Å². The van der Waals surface area contributed by atoms with Gasteiger partial charge in [0.05, 0.1) is 18.4 Å². The first-order chi connectivity index (χ1) is 14.0. The van der Waals surface area contributed by atoms with Crippen molar-refractivity contribution in [2.24, 2.45) is 0 Å². The van der Waals surface area contributed by atoms with Crippen LogP contribution >= 0.6 is 12.6 Å². The Balaban J connectivity index is 0. The molecule has 1 N–H and O–H groups in total. The summed E-state index contributed by atoms with van der Waals surface area (Å²) >= 11 is 4.25. The topological polar surface area (TPSA) is 55.4 Å². The van der Waals surface area contributed by atoms with Crippen LogP contribution in [0.15, 0.2) is 49.6 Å². The Bertz CT molecular complexity index is 587. The van der Waals surface area contributed by atoms with Crippen molar-refractivity contribution in [3.05, 3.63) is 60.7 Å². The molecule has 1 rings (SSSR count). The first-order valence-electron chi connectivity index (χ1n) is 10.4. The Kier molecular flexibility index (Phi) is 20.9. The second-order valence-electron chi connectivity index (χ2n) is 5.95. The average molecular weight is 422 g/mol. The Morgan fingerprint density at radius 3 is 2.38 bits per heavy atom. The molecule has 0 heterocycles. The monoisotopic (exact) mass is 421 g/mol. The number of allylic oxidation sites excluding steroid dienone is 2. The van der Waals surface area contributed by atoms with Gasteiger partial charge in [0, 0.05) is 5.56 Å². The smallest absolute Gasteiger partial charge is 0.308 e. The molecule has 164 valence electrons. The third-order valence-electron chi connectivity index (χ3n) is 3.58. The van der Waals surface area contributed by atoms with Gasteiger partial charge in [-0.15, -0.1) is 13.2 Å². The maximum absolute atomic E-state index is 12.4. The highest BCUT2D eigenvalue weighted by Gasteiger charge is 2.16. The molecular weight excluding hydrogens is 382 g/mol. The van der Waals surface area contributed by atoms with Gasteiger partial charge in [-0.05, 0) is 51.2 Å². The fraction of sp³-hybridized carbons (Fsp3) is 0.500. The molecule has 1 aromatic rings. The highest BCUT2D eigenvalue weighted by Crippen LogP contribution is 2.14. The van der Waals surface area contributed by atoms with E-state index in [2.05, 4.69) is 31.1 Å². The molecule has 4 nitrogen and oxygen atoms in total. The van der Waals surface area contributed by atoms with E-state index in [0.717, 1.165) is 37.7 Å². The molecule has 0 fully saturated rings. The Labute approximate surface area is 183 Å². The second kappa shape index (κ2) is 20.7. The molecule has 0 saturated carbocycles. The zero-order chi connectivity index (χ0) is 22.5. The molecule has 29 heavy (non-hydrogen) atoms. The van der Waals surface area contributed by atoms with Crippen molar-refractivity contribution in [1.29, 1.82) is 0 Å². The van der Waals surface area contributed by atoms with Crippen LogP contribution in [0.4, 0.5) is 0 Å². The number of hydrogen-bond acceptors (Lipinski definition) is 4. The largest absolute Gasteiger partial charge is 0.466 e. The Hall–Kier alpha value is -2.01. The summed E-state index contributed by atoms with van der Waals surface area (Å²) in [5.41, 5.74) is 1.66. The quantitative estimate of drug-likeness (QED) is 0.148. The van der Waals surface area contributed by atoms with Gasteiger partial charge in [-0.1, -0.05) is 50.6 Å². The van der Waals surface area contributed by atoms with Crippen molar-refractivity contribution in [3.8, 4) is 0 Å². The van der Waals surface area contributed by atoms with Gasteiger partial charge in [0.25, 0.3) is 5.91 Å². The molecule has 1 unspecified atom stereocenters. The van der Waals surface area contributed by atoms with Crippen molar-refractivity contribution in [1.82, 2.24) is 5.32 Å². The van der Waals surface area contributed by atoms with Crippen molar-refractivity contribution < 1.29 is 14.3 Å². The van der Waals surface area contributed by atoms with Crippen LogP contribution in [-0.4, -0.2) is 23.9 Å². The van der Waals surface area contributed by atoms with Crippen LogP contribution in [0.1, 0.15) is 75.7 Å². The van der Waals surface area contributed by atoms with Gasteiger partial charge in [-0.25, -0.2) is 0 Å². The number of nitrogens with one attached hydrogen (secondary N) is 1. The predicted octanol–water partition coefficient (Wildman–Crippen LogP) is 6.13. The third-order valence-corrected chi connectivity index (χ3v) is 3.89. The minimum absolute atomic E-state index is 0.0480. The molecule has 5 heteroatoms. The maximum Gasteiger partial charge on any atom is 0.308 e. The molecule has 0 aliphatic rings. The van der Waals surface area contributed by atoms with E-state index in [1.807, 2.05) is 45.0 Å². The first-order valence-corrected chi connectivity index (χ1v) is 10.9. The fourth-order valence-corrected chi connectivity index (χ4v) is 2.66. The van der Waals surface area contributed by atoms with Crippen molar-refractivity contribution in [2.75, 3.05) is 6.61 Å². The maximum atomic E-state index is 12.4. The number of hydrogen-bond donors (Lipinski definition) is 2. The van der Waals surface area contributed by atoms with E-state index in [4.69, 9.17) is 4.74 Å². The van der Waals surface area contributed by atoms with Gasteiger partial charge >= 0.3 is 5.97 Å². The second-order valence-corrected chi connectivity index (χ2v) is 6.58. The molecule has 1 atom stereocenters. The summed E-state index contributed by atoms with van der Waals surface area (Å²) in [5.74, 6) is -0.575.